The molecule has 1 aromatic carbocycles. The molecule has 1 aromatic heterocycles. The molecule has 2 aromatic rings. The second-order valence-electron chi connectivity index (χ2n) is 5.03. The lowest BCUT2D eigenvalue weighted by Gasteiger charge is -2.16. The first kappa shape index (κ1) is 12.6. The minimum atomic E-state index is 0.105. The van der Waals surface area contributed by atoms with Crippen molar-refractivity contribution in [3.63, 3.8) is 0 Å². The lowest BCUT2D eigenvalue weighted by molar-refractivity contribution is -0.116. The lowest BCUT2D eigenvalue weighted by atomic mass is 10.00. The summed E-state index contributed by atoms with van der Waals surface area (Å²) < 4.78 is 0. The van der Waals surface area contributed by atoms with E-state index in [1.165, 1.54) is 11.1 Å². The fourth-order valence-corrected chi connectivity index (χ4v) is 2.36. The van der Waals surface area contributed by atoms with E-state index in [9.17, 15) is 4.79 Å². The number of hydrogen-bond acceptors (Lipinski definition) is 2. The van der Waals surface area contributed by atoms with E-state index >= 15 is 0 Å². The quantitative estimate of drug-likeness (QED) is 0.902. The molecule has 0 spiro atoms. The predicted octanol–water partition coefficient (Wildman–Crippen LogP) is 3.45. The van der Waals surface area contributed by atoms with Crippen molar-refractivity contribution in [2.24, 2.45) is 0 Å². The molecule has 0 saturated carbocycles. The number of amides is 1. The maximum atomic E-state index is 11.3. The van der Waals surface area contributed by atoms with Gasteiger partial charge in [-0.3, -0.25) is 9.78 Å². The summed E-state index contributed by atoms with van der Waals surface area (Å²) in [5, 5.41) is 2.90. The number of nitrogens with one attached hydrogen (secondary N) is 1. The zero-order chi connectivity index (χ0) is 13.9. The van der Waals surface area contributed by atoms with Crippen LogP contribution in [0.15, 0.2) is 36.7 Å². The van der Waals surface area contributed by atoms with Crippen molar-refractivity contribution in [2.45, 2.75) is 19.8 Å². The predicted molar refractivity (Wildman–Crippen MR) is 81.3 cm³/mol. The third-order valence-electron chi connectivity index (χ3n) is 3.54. The maximum Gasteiger partial charge on any atom is 0.224 e. The van der Waals surface area contributed by atoms with Gasteiger partial charge in [0.25, 0.3) is 0 Å². The Morgan fingerprint density at radius 1 is 1.20 bits per heavy atom. The highest BCUT2D eigenvalue weighted by atomic mass is 16.1. The summed E-state index contributed by atoms with van der Waals surface area (Å²) in [6, 6.07) is 8.15. The minimum absolute atomic E-state index is 0.105. The van der Waals surface area contributed by atoms with E-state index in [0.717, 1.165) is 23.2 Å². The normalized spacial score (nSPS) is 14.2. The van der Waals surface area contributed by atoms with Crippen molar-refractivity contribution in [3.8, 4) is 0 Å². The van der Waals surface area contributed by atoms with Crippen molar-refractivity contribution >= 4 is 23.7 Å². The Bertz CT molecular complexity index is 689. The number of carbonyl (C=O) groups is 1. The zero-order valence-electron chi connectivity index (χ0n) is 11.4. The summed E-state index contributed by atoms with van der Waals surface area (Å²) in [5.41, 5.74) is 5.63. The number of rotatable bonds is 2. The smallest absolute Gasteiger partial charge is 0.224 e. The van der Waals surface area contributed by atoms with E-state index < -0.39 is 0 Å². The number of fused-ring (bicyclic) bond motifs is 1. The summed E-state index contributed by atoms with van der Waals surface area (Å²) in [6.45, 7) is 2.05. The van der Waals surface area contributed by atoms with Crippen LogP contribution in [0.25, 0.3) is 12.2 Å². The van der Waals surface area contributed by atoms with Gasteiger partial charge < -0.3 is 5.32 Å². The number of aromatic nitrogens is 1. The Labute approximate surface area is 118 Å². The van der Waals surface area contributed by atoms with Gasteiger partial charge >= 0.3 is 0 Å². The summed E-state index contributed by atoms with van der Waals surface area (Å²) in [7, 11) is 0. The fourth-order valence-electron chi connectivity index (χ4n) is 2.36. The summed E-state index contributed by atoms with van der Waals surface area (Å²) in [6.07, 6.45) is 9.25. The van der Waals surface area contributed by atoms with Gasteiger partial charge in [0.05, 0.1) is 0 Å². The molecule has 100 valence electrons. The van der Waals surface area contributed by atoms with Crippen molar-refractivity contribution in [3.05, 3.63) is 58.9 Å². The van der Waals surface area contributed by atoms with Crippen LogP contribution in [0.2, 0.25) is 0 Å². The number of hydrogen-bond donors (Lipinski definition) is 1. The molecule has 1 aliphatic heterocycles. The van der Waals surface area contributed by atoms with Gasteiger partial charge in [0.1, 0.15) is 0 Å². The molecule has 1 amide bonds. The first-order valence-corrected chi connectivity index (χ1v) is 6.74. The number of pyridine rings is 1. The van der Waals surface area contributed by atoms with Crippen LogP contribution in [0.5, 0.6) is 0 Å². The van der Waals surface area contributed by atoms with Crippen LogP contribution < -0.4 is 5.32 Å². The third-order valence-corrected chi connectivity index (χ3v) is 3.54. The Hall–Kier alpha value is -2.42. The molecule has 3 nitrogen and oxygen atoms in total. The molecular formula is C17H16N2O. The second kappa shape index (κ2) is 5.29. The average Bonchev–Trinajstić information content (AvgIpc) is 2.46. The zero-order valence-corrected chi connectivity index (χ0v) is 11.4. The number of benzene rings is 1. The highest BCUT2D eigenvalue weighted by molar-refractivity contribution is 5.94. The minimum Gasteiger partial charge on any atom is -0.326 e. The standard InChI is InChI=1S/C17H16N2O/c1-12-11-18-9-8-14(12)4-2-13-3-6-16-15(10-13)5-7-17(20)19-16/h2-4,6,8-11H,5,7H2,1H3,(H,19,20)/b4-2+. The molecule has 0 saturated heterocycles. The van der Waals surface area contributed by atoms with Gasteiger partial charge in [-0.05, 0) is 53.8 Å². The molecule has 3 rings (SSSR count). The van der Waals surface area contributed by atoms with Crippen LogP contribution in [-0.2, 0) is 11.2 Å². The Morgan fingerprint density at radius 3 is 2.95 bits per heavy atom. The van der Waals surface area contributed by atoms with Crippen molar-refractivity contribution in [1.82, 2.24) is 4.98 Å². The molecule has 0 radical (unpaired) electrons. The molecule has 2 heterocycles. The number of nitrogens with zero attached hydrogens (tertiary/aromatic N) is 1. The highest BCUT2D eigenvalue weighted by Gasteiger charge is 2.13. The van der Waals surface area contributed by atoms with Gasteiger partial charge in [0.15, 0.2) is 0 Å². The molecule has 1 aliphatic rings. The Kier molecular flexibility index (Phi) is 3.33. The Morgan fingerprint density at radius 2 is 2.10 bits per heavy atom. The molecule has 20 heavy (non-hydrogen) atoms. The molecule has 1 N–H and O–H groups in total. The van der Waals surface area contributed by atoms with Gasteiger partial charge in [-0.2, -0.15) is 0 Å². The lowest BCUT2D eigenvalue weighted by Crippen LogP contribution is -2.18. The molecule has 0 atom stereocenters. The van der Waals surface area contributed by atoms with Crippen LogP contribution in [0.4, 0.5) is 5.69 Å². The first-order valence-electron chi connectivity index (χ1n) is 6.74. The molecule has 0 bridgehead atoms. The van der Waals surface area contributed by atoms with Gasteiger partial charge in [-0.25, -0.2) is 0 Å². The molecule has 3 heteroatoms. The van der Waals surface area contributed by atoms with E-state index in [2.05, 4.69) is 35.4 Å². The Balaban J connectivity index is 1.85. The average molecular weight is 264 g/mol. The summed E-state index contributed by atoms with van der Waals surface area (Å²) in [4.78, 5) is 15.4. The first-order chi connectivity index (χ1) is 9.72. The maximum absolute atomic E-state index is 11.3. The number of anilines is 1. The van der Waals surface area contributed by atoms with Crippen LogP contribution >= 0.6 is 0 Å². The van der Waals surface area contributed by atoms with E-state index in [0.29, 0.717) is 6.42 Å². The van der Waals surface area contributed by atoms with E-state index in [-0.39, 0.29) is 5.91 Å². The number of aryl methyl sites for hydroxylation is 2. The number of carbonyl (C=O) groups excluding carboxylic acids is 1. The molecule has 0 fully saturated rings. The highest BCUT2D eigenvalue weighted by Crippen LogP contribution is 2.24. The van der Waals surface area contributed by atoms with E-state index in [1.54, 1.807) is 6.20 Å². The van der Waals surface area contributed by atoms with Gasteiger partial charge in [-0.15, -0.1) is 0 Å². The van der Waals surface area contributed by atoms with Crippen LogP contribution in [0.1, 0.15) is 28.7 Å². The SMILES string of the molecule is Cc1cnccc1/C=C/c1ccc2c(c1)CCC(=O)N2. The topological polar surface area (TPSA) is 42.0 Å². The summed E-state index contributed by atoms with van der Waals surface area (Å²) >= 11 is 0. The largest absolute Gasteiger partial charge is 0.326 e. The van der Waals surface area contributed by atoms with Crippen LogP contribution in [-0.4, -0.2) is 10.9 Å². The van der Waals surface area contributed by atoms with Gasteiger partial charge in [0.2, 0.25) is 5.91 Å². The van der Waals surface area contributed by atoms with Crippen molar-refractivity contribution in [1.29, 1.82) is 0 Å². The van der Waals surface area contributed by atoms with Gasteiger partial charge in [0, 0.05) is 24.5 Å². The van der Waals surface area contributed by atoms with Crippen molar-refractivity contribution < 1.29 is 4.79 Å². The third kappa shape index (κ3) is 2.62. The molecule has 0 aliphatic carbocycles. The van der Waals surface area contributed by atoms with Crippen LogP contribution in [0.3, 0.4) is 0 Å². The molecular weight excluding hydrogens is 248 g/mol. The van der Waals surface area contributed by atoms with Crippen LogP contribution in [0, 0.1) is 6.92 Å². The second-order valence-corrected chi connectivity index (χ2v) is 5.03. The fraction of sp³-hybridized carbons (Fsp3) is 0.176. The van der Waals surface area contributed by atoms with E-state index in [4.69, 9.17) is 0 Å². The van der Waals surface area contributed by atoms with E-state index in [1.807, 2.05) is 24.4 Å². The summed E-state index contributed by atoms with van der Waals surface area (Å²) in [5.74, 6) is 0.105. The monoisotopic (exact) mass is 264 g/mol. The molecule has 0 unspecified atom stereocenters. The van der Waals surface area contributed by atoms with Crippen molar-refractivity contribution in [2.75, 3.05) is 5.32 Å². The van der Waals surface area contributed by atoms with Gasteiger partial charge in [-0.1, -0.05) is 18.2 Å².